The number of morpholine rings is 1. The van der Waals surface area contributed by atoms with Crippen LogP contribution in [0.5, 0.6) is 0 Å². The summed E-state index contributed by atoms with van der Waals surface area (Å²) in [6, 6.07) is 4.11. The number of halogens is 1. The fourth-order valence-electron chi connectivity index (χ4n) is 2.28. The Labute approximate surface area is 117 Å². The monoisotopic (exact) mass is 281 g/mol. The molecule has 20 heavy (non-hydrogen) atoms. The molecule has 5 nitrogen and oxygen atoms in total. The predicted octanol–water partition coefficient (Wildman–Crippen LogP) is 0.473. The van der Waals surface area contributed by atoms with Gasteiger partial charge < -0.3 is 16.2 Å². The first kappa shape index (κ1) is 14.9. The summed E-state index contributed by atoms with van der Waals surface area (Å²) in [6.07, 6.45) is -0.0499. The van der Waals surface area contributed by atoms with E-state index in [2.05, 4.69) is 4.90 Å². The van der Waals surface area contributed by atoms with Crippen molar-refractivity contribution in [1.29, 1.82) is 0 Å². The van der Waals surface area contributed by atoms with Crippen molar-refractivity contribution in [3.05, 3.63) is 35.1 Å². The molecule has 0 aromatic heterocycles. The van der Waals surface area contributed by atoms with Crippen molar-refractivity contribution in [3.8, 4) is 0 Å². The molecule has 110 valence electrons. The number of ether oxygens (including phenoxy) is 1. The van der Waals surface area contributed by atoms with Gasteiger partial charge in [-0.05, 0) is 25.1 Å². The van der Waals surface area contributed by atoms with Crippen molar-refractivity contribution in [2.24, 2.45) is 11.5 Å². The highest BCUT2D eigenvalue weighted by atomic mass is 19.1. The summed E-state index contributed by atoms with van der Waals surface area (Å²) in [4.78, 5) is 13.2. The first-order valence-corrected chi connectivity index (χ1v) is 6.65. The Morgan fingerprint density at radius 3 is 3.00 bits per heavy atom. The topological polar surface area (TPSA) is 81.6 Å². The van der Waals surface area contributed by atoms with Crippen molar-refractivity contribution in [1.82, 2.24) is 4.90 Å². The third kappa shape index (κ3) is 3.53. The normalized spacial score (nSPS) is 21.6. The van der Waals surface area contributed by atoms with Gasteiger partial charge in [-0.25, -0.2) is 4.39 Å². The SMILES string of the molecule is CC(N)C1CN(Cc2cc(C(N)=O)ccc2F)CCO1. The van der Waals surface area contributed by atoms with Crippen LogP contribution in [-0.2, 0) is 11.3 Å². The number of rotatable bonds is 4. The van der Waals surface area contributed by atoms with Crippen LogP contribution in [0.1, 0.15) is 22.8 Å². The molecule has 1 aliphatic rings. The third-order valence-corrected chi connectivity index (χ3v) is 3.49. The number of amides is 1. The molecule has 6 heteroatoms. The largest absolute Gasteiger partial charge is 0.374 e. The summed E-state index contributed by atoms with van der Waals surface area (Å²) in [5.41, 5.74) is 11.8. The first-order chi connectivity index (χ1) is 9.47. The van der Waals surface area contributed by atoms with Crippen molar-refractivity contribution >= 4 is 5.91 Å². The number of nitrogens with two attached hydrogens (primary N) is 2. The van der Waals surface area contributed by atoms with Crippen LogP contribution in [0.25, 0.3) is 0 Å². The van der Waals surface area contributed by atoms with E-state index in [9.17, 15) is 9.18 Å². The van der Waals surface area contributed by atoms with Crippen LogP contribution in [0, 0.1) is 5.82 Å². The molecule has 1 fully saturated rings. The molecule has 1 aromatic rings. The minimum atomic E-state index is -0.554. The molecular formula is C14H20FN3O2. The van der Waals surface area contributed by atoms with E-state index < -0.39 is 5.91 Å². The maximum absolute atomic E-state index is 13.8. The summed E-state index contributed by atoms with van der Waals surface area (Å²) in [7, 11) is 0. The second kappa shape index (κ2) is 6.30. The van der Waals surface area contributed by atoms with Crippen LogP contribution in [-0.4, -0.2) is 42.6 Å². The lowest BCUT2D eigenvalue weighted by atomic mass is 10.1. The zero-order valence-corrected chi connectivity index (χ0v) is 11.5. The summed E-state index contributed by atoms with van der Waals surface area (Å²) in [6.45, 7) is 4.24. The Morgan fingerprint density at radius 2 is 2.35 bits per heavy atom. The van der Waals surface area contributed by atoms with Gasteiger partial charge in [0.2, 0.25) is 5.91 Å². The van der Waals surface area contributed by atoms with E-state index in [-0.39, 0.29) is 18.0 Å². The number of primary amides is 1. The molecule has 1 heterocycles. The van der Waals surface area contributed by atoms with Crippen molar-refractivity contribution in [3.63, 3.8) is 0 Å². The smallest absolute Gasteiger partial charge is 0.248 e. The van der Waals surface area contributed by atoms with Gasteiger partial charge in [0.05, 0.1) is 12.7 Å². The Bertz CT molecular complexity index is 493. The fourth-order valence-corrected chi connectivity index (χ4v) is 2.28. The van der Waals surface area contributed by atoms with Gasteiger partial charge in [-0.1, -0.05) is 0 Å². The molecule has 2 unspecified atom stereocenters. The second-order valence-electron chi connectivity index (χ2n) is 5.17. The number of nitrogens with zero attached hydrogens (tertiary/aromatic N) is 1. The molecule has 1 aliphatic heterocycles. The highest BCUT2D eigenvalue weighted by Gasteiger charge is 2.24. The lowest BCUT2D eigenvalue weighted by Gasteiger charge is -2.34. The van der Waals surface area contributed by atoms with Crippen LogP contribution in [0.3, 0.4) is 0 Å². The lowest BCUT2D eigenvalue weighted by Crippen LogP contribution is -2.49. The van der Waals surface area contributed by atoms with E-state index in [0.717, 1.165) is 0 Å². The number of carbonyl (C=O) groups excluding carboxylic acids is 1. The van der Waals surface area contributed by atoms with E-state index in [0.29, 0.717) is 37.4 Å². The van der Waals surface area contributed by atoms with Gasteiger partial charge in [0.25, 0.3) is 0 Å². The molecule has 0 aliphatic carbocycles. The molecule has 1 aromatic carbocycles. The van der Waals surface area contributed by atoms with Gasteiger partial charge in [-0.3, -0.25) is 9.69 Å². The zero-order chi connectivity index (χ0) is 14.7. The Morgan fingerprint density at radius 1 is 1.60 bits per heavy atom. The molecule has 1 amide bonds. The van der Waals surface area contributed by atoms with E-state index in [1.807, 2.05) is 6.92 Å². The fraction of sp³-hybridized carbons (Fsp3) is 0.500. The highest BCUT2D eigenvalue weighted by Crippen LogP contribution is 2.16. The first-order valence-electron chi connectivity index (χ1n) is 6.65. The average Bonchev–Trinajstić information content (AvgIpc) is 2.41. The standard InChI is InChI=1S/C14H20FN3O2/c1-9(16)13-8-18(4-5-20-13)7-11-6-10(14(17)19)2-3-12(11)15/h2-3,6,9,13H,4-5,7-8,16H2,1H3,(H2,17,19). The number of hydrogen-bond acceptors (Lipinski definition) is 4. The van der Waals surface area contributed by atoms with Gasteiger partial charge in [0.1, 0.15) is 5.82 Å². The van der Waals surface area contributed by atoms with E-state index in [1.165, 1.54) is 18.2 Å². The quantitative estimate of drug-likeness (QED) is 0.840. The van der Waals surface area contributed by atoms with Crippen molar-refractivity contribution in [2.45, 2.75) is 25.6 Å². The minimum Gasteiger partial charge on any atom is -0.374 e. The van der Waals surface area contributed by atoms with Gasteiger partial charge in [0, 0.05) is 36.8 Å². The van der Waals surface area contributed by atoms with Crippen LogP contribution >= 0.6 is 0 Å². The summed E-state index contributed by atoms with van der Waals surface area (Å²) >= 11 is 0. The Hall–Kier alpha value is -1.50. The van der Waals surface area contributed by atoms with Crippen molar-refractivity contribution in [2.75, 3.05) is 19.7 Å². The molecule has 0 radical (unpaired) electrons. The summed E-state index contributed by atoms with van der Waals surface area (Å²) < 4.78 is 19.4. The number of hydrogen-bond donors (Lipinski definition) is 2. The molecule has 0 saturated carbocycles. The van der Waals surface area contributed by atoms with Crippen LogP contribution < -0.4 is 11.5 Å². The maximum Gasteiger partial charge on any atom is 0.248 e. The summed E-state index contributed by atoms with van der Waals surface area (Å²) in [5.74, 6) is -0.888. The zero-order valence-electron chi connectivity index (χ0n) is 11.5. The Kier molecular flexibility index (Phi) is 4.69. The molecular weight excluding hydrogens is 261 g/mol. The van der Waals surface area contributed by atoms with Crippen molar-refractivity contribution < 1.29 is 13.9 Å². The molecule has 2 rings (SSSR count). The average molecular weight is 281 g/mol. The van der Waals surface area contributed by atoms with Crippen LogP contribution in [0.4, 0.5) is 4.39 Å². The summed E-state index contributed by atoms with van der Waals surface area (Å²) in [5, 5.41) is 0. The lowest BCUT2D eigenvalue weighted by molar-refractivity contribution is -0.0406. The molecule has 4 N–H and O–H groups in total. The number of benzene rings is 1. The predicted molar refractivity (Wildman–Crippen MR) is 73.6 cm³/mol. The molecule has 2 atom stereocenters. The third-order valence-electron chi connectivity index (χ3n) is 3.49. The van der Waals surface area contributed by atoms with Gasteiger partial charge in [-0.15, -0.1) is 0 Å². The van der Waals surface area contributed by atoms with Gasteiger partial charge in [0.15, 0.2) is 0 Å². The van der Waals surface area contributed by atoms with E-state index in [1.54, 1.807) is 0 Å². The molecule has 0 bridgehead atoms. The van der Waals surface area contributed by atoms with Gasteiger partial charge in [-0.2, -0.15) is 0 Å². The second-order valence-corrected chi connectivity index (χ2v) is 5.17. The van der Waals surface area contributed by atoms with E-state index >= 15 is 0 Å². The van der Waals surface area contributed by atoms with Crippen LogP contribution in [0.2, 0.25) is 0 Å². The maximum atomic E-state index is 13.8. The van der Waals surface area contributed by atoms with Crippen LogP contribution in [0.15, 0.2) is 18.2 Å². The highest BCUT2D eigenvalue weighted by molar-refractivity contribution is 5.92. The van der Waals surface area contributed by atoms with E-state index in [4.69, 9.17) is 16.2 Å². The number of carbonyl (C=O) groups is 1. The molecule has 1 saturated heterocycles. The van der Waals surface area contributed by atoms with Gasteiger partial charge >= 0.3 is 0 Å². The molecule has 0 spiro atoms. The Balaban J connectivity index is 2.09. The minimum absolute atomic E-state index is 0.0499.